The molecule has 0 aliphatic carbocycles. The molecule has 1 fully saturated rings. The Morgan fingerprint density at radius 3 is 2.57 bits per heavy atom. The smallest absolute Gasteiger partial charge is 0.225 e. The Kier molecular flexibility index (Phi) is 6.49. The molecule has 1 aromatic carbocycles. The van der Waals surface area contributed by atoms with E-state index >= 15 is 0 Å². The van der Waals surface area contributed by atoms with Gasteiger partial charge in [0, 0.05) is 13.1 Å². The molecule has 0 radical (unpaired) electrons. The van der Waals surface area contributed by atoms with Crippen LogP contribution in [0.2, 0.25) is 0 Å². The number of carbonyl (C=O) groups excluding carboxylic acids is 1. The minimum atomic E-state index is 0. The van der Waals surface area contributed by atoms with E-state index in [0.717, 1.165) is 18.8 Å². The minimum Gasteiger partial charge on any atom is -0.491 e. The average Bonchev–Trinajstić information content (AvgIpc) is 2.32. The van der Waals surface area contributed by atoms with Gasteiger partial charge in [-0.3, -0.25) is 4.79 Å². The first-order chi connectivity index (χ1) is 9.48. The largest absolute Gasteiger partial charge is 0.491 e. The molecular weight excluding hydrogens is 288 g/mol. The van der Waals surface area contributed by atoms with E-state index in [1.54, 1.807) is 0 Å². The molecule has 118 valence electrons. The molecule has 0 aromatic heterocycles. The van der Waals surface area contributed by atoms with Crippen molar-refractivity contribution in [3.05, 3.63) is 29.8 Å². The number of para-hydroxylation sites is 1. The fourth-order valence-corrected chi connectivity index (χ4v) is 2.17. The molecule has 0 atom stereocenters. The standard InChI is InChI=1S/C16H24N2O2.ClH/c1-16(2,3)13-6-4-5-7-14(13)20-9-8-18-15(19)12-10-17-11-12;/h4-7,12,17H,8-11H2,1-3H3,(H,18,19);1H. The Bertz CT molecular complexity index is 468. The Morgan fingerprint density at radius 2 is 2.00 bits per heavy atom. The van der Waals surface area contributed by atoms with Crippen molar-refractivity contribution < 1.29 is 9.53 Å². The number of ether oxygens (including phenoxy) is 1. The quantitative estimate of drug-likeness (QED) is 0.819. The van der Waals surface area contributed by atoms with Crippen LogP contribution in [-0.2, 0) is 10.2 Å². The van der Waals surface area contributed by atoms with Crippen LogP contribution < -0.4 is 15.4 Å². The summed E-state index contributed by atoms with van der Waals surface area (Å²) >= 11 is 0. The number of amides is 1. The Hall–Kier alpha value is -1.26. The fourth-order valence-electron chi connectivity index (χ4n) is 2.17. The van der Waals surface area contributed by atoms with Crippen LogP contribution in [-0.4, -0.2) is 32.1 Å². The third-order valence-electron chi connectivity index (χ3n) is 3.51. The number of nitrogens with one attached hydrogen (secondary N) is 2. The van der Waals surface area contributed by atoms with Crippen molar-refractivity contribution in [3.8, 4) is 5.75 Å². The van der Waals surface area contributed by atoms with Gasteiger partial charge in [-0.05, 0) is 17.0 Å². The van der Waals surface area contributed by atoms with Crippen molar-refractivity contribution in [3.63, 3.8) is 0 Å². The van der Waals surface area contributed by atoms with Gasteiger partial charge in [0.05, 0.1) is 12.5 Å². The zero-order valence-electron chi connectivity index (χ0n) is 12.9. The van der Waals surface area contributed by atoms with Crippen LogP contribution in [0.4, 0.5) is 0 Å². The number of hydrogen-bond donors (Lipinski definition) is 2. The first-order valence-electron chi connectivity index (χ1n) is 7.19. The highest BCUT2D eigenvalue weighted by Gasteiger charge is 2.24. The van der Waals surface area contributed by atoms with E-state index in [2.05, 4.69) is 37.5 Å². The van der Waals surface area contributed by atoms with Crippen LogP contribution >= 0.6 is 12.4 Å². The average molecular weight is 313 g/mol. The molecule has 1 amide bonds. The van der Waals surface area contributed by atoms with E-state index in [4.69, 9.17) is 4.74 Å². The first kappa shape index (κ1) is 17.8. The highest BCUT2D eigenvalue weighted by Crippen LogP contribution is 2.30. The molecule has 1 aliphatic rings. The summed E-state index contributed by atoms with van der Waals surface area (Å²) in [5.41, 5.74) is 1.24. The van der Waals surface area contributed by atoms with Gasteiger partial charge in [0.15, 0.2) is 0 Å². The number of benzene rings is 1. The predicted octanol–water partition coefficient (Wildman–Crippen LogP) is 2.12. The molecule has 5 heteroatoms. The second-order valence-electron chi connectivity index (χ2n) is 6.24. The van der Waals surface area contributed by atoms with Crippen molar-refractivity contribution in [1.82, 2.24) is 10.6 Å². The molecular formula is C16H25ClN2O2. The normalized spacial score (nSPS) is 14.8. The number of rotatable bonds is 5. The van der Waals surface area contributed by atoms with E-state index in [9.17, 15) is 4.79 Å². The summed E-state index contributed by atoms with van der Waals surface area (Å²) in [4.78, 5) is 11.7. The van der Waals surface area contributed by atoms with Crippen molar-refractivity contribution in [2.45, 2.75) is 26.2 Å². The second kappa shape index (κ2) is 7.66. The minimum absolute atomic E-state index is 0. The summed E-state index contributed by atoms with van der Waals surface area (Å²) in [6.07, 6.45) is 0. The third kappa shape index (κ3) is 4.90. The maximum absolute atomic E-state index is 11.7. The molecule has 0 bridgehead atoms. The lowest BCUT2D eigenvalue weighted by atomic mass is 9.86. The molecule has 2 N–H and O–H groups in total. The van der Waals surface area contributed by atoms with Crippen LogP contribution in [0.3, 0.4) is 0 Å². The SMILES string of the molecule is CC(C)(C)c1ccccc1OCCNC(=O)C1CNC1.Cl. The van der Waals surface area contributed by atoms with Crippen LogP contribution in [0, 0.1) is 5.92 Å². The van der Waals surface area contributed by atoms with Gasteiger partial charge in [0.2, 0.25) is 5.91 Å². The fraction of sp³-hybridized carbons (Fsp3) is 0.562. The lowest BCUT2D eigenvalue weighted by Crippen LogP contribution is -2.51. The Balaban J connectivity index is 0.00000220. The van der Waals surface area contributed by atoms with Crippen molar-refractivity contribution in [2.75, 3.05) is 26.2 Å². The van der Waals surface area contributed by atoms with Crippen molar-refractivity contribution in [2.24, 2.45) is 5.92 Å². The second-order valence-corrected chi connectivity index (χ2v) is 6.24. The maximum atomic E-state index is 11.7. The van der Waals surface area contributed by atoms with Gasteiger partial charge in [-0.25, -0.2) is 0 Å². The summed E-state index contributed by atoms with van der Waals surface area (Å²) in [6, 6.07) is 8.08. The summed E-state index contributed by atoms with van der Waals surface area (Å²) < 4.78 is 5.82. The topological polar surface area (TPSA) is 50.4 Å². The van der Waals surface area contributed by atoms with E-state index < -0.39 is 0 Å². The zero-order valence-corrected chi connectivity index (χ0v) is 13.8. The number of carbonyl (C=O) groups is 1. The first-order valence-corrected chi connectivity index (χ1v) is 7.19. The van der Waals surface area contributed by atoms with Gasteiger partial charge in [-0.2, -0.15) is 0 Å². The monoisotopic (exact) mass is 312 g/mol. The summed E-state index contributed by atoms with van der Waals surface area (Å²) in [6.45, 7) is 9.13. The number of hydrogen-bond acceptors (Lipinski definition) is 3. The third-order valence-corrected chi connectivity index (χ3v) is 3.51. The summed E-state index contributed by atoms with van der Waals surface area (Å²) in [7, 11) is 0. The molecule has 1 saturated heterocycles. The molecule has 1 aliphatic heterocycles. The Morgan fingerprint density at radius 1 is 1.33 bits per heavy atom. The maximum Gasteiger partial charge on any atom is 0.225 e. The van der Waals surface area contributed by atoms with Gasteiger partial charge in [0.1, 0.15) is 12.4 Å². The molecule has 2 rings (SSSR count). The highest BCUT2D eigenvalue weighted by molar-refractivity contribution is 5.85. The lowest BCUT2D eigenvalue weighted by molar-refractivity contribution is -0.126. The molecule has 0 saturated carbocycles. The molecule has 1 heterocycles. The van der Waals surface area contributed by atoms with E-state index in [-0.39, 0.29) is 29.6 Å². The molecule has 0 unspecified atom stereocenters. The van der Waals surface area contributed by atoms with Crippen molar-refractivity contribution >= 4 is 18.3 Å². The van der Waals surface area contributed by atoms with Gasteiger partial charge in [0.25, 0.3) is 0 Å². The van der Waals surface area contributed by atoms with Gasteiger partial charge < -0.3 is 15.4 Å². The van der Waals surface area contributed by atoms with Gasteiger partial charge in [-0.15, -0.1) is 12.4 Å². The highest BCUT2D eigenvalue weighted by atomic mass is 35.5. The van der Waals surface area contributed by atoms with Crippen molar-refractivity contribution in [1.29, 1.82) is 0 Å². The van der Waals surface area contributed by atoms with Crippen LogP contribution in [0.25, 0.3) is 0 Å². The van der Waals surface area contributed by atoms with Crippen LogP contribution in [0.1, 0.15) is 26.3 Å². The lowest BCUT2D eigenvalue weighted by Gasteiger charge is -2.26. The van der Waals surface area contributed by atoms with Gasteiger partial charge in [-0.1, -0.05) is 39.0 Å². The van der Waals surface area contributed by atoms with Gasteiger partial charge >= 0.3 is 0 Å². The van der Waals surface area contributed by atoms with E-state index in [0.29, 0.717) is 13.2 Å². The van der Waals surface area contributed by atoms with Crippen LogP contribution in [0.5, 0.6) is 5.75 Å². The number of halogens is 1. The molecule has 1 aromatic rings. The molecule has 21 heavy (non-hydrogen) atoms. The predicted molar refractivity (Wildman–Crippen MR) is 87.3 cm³/mol. The zero-order chi connectivity index (χ0) is 14.6. The van der Waals surface area contributed by atoms with Crippen LogP contribution in [0.15, 0.2) is 24.3 Å². The molecule has 4 nitrogen and oxygen atoms in total. The van der Waals surface area contributed by atoms with E-state index in [1.165, 1.54) is 5.56 Å². The Labute approximate surface area is 133 Å². The molecule has 0 spiro atoms. The summed E-state index contributed by atoms with van der Waals surface area (Å²) in [5.74, 6) is 1.16. The summed E-state index contributed by atoms with van der Waals surface area (Å²) in [5, 5.41) is 6.00. The van der Waals surface area contributed by atoms with E-state index in [1.807, 2.05) is 18.2 Å².